The second-order valence-corrected chi connectivity index (χ2v) is 6.09. The number of likely N-dealkylation sites (tertiary alicyclic amines) is 1. The molecule has 1 fully saturated rings. The molecule has 0 aliphatic carbocycles. The molecular weight excluding hydrogens is 332 g/mol. The van der Waals surface area contributed by atoms with E-state index in [1.807, 2.05) is 7.05 Å². The molecule has 0 saturated carbocycles. The Morgan fingerprint density at radius 3 is 3.00 bits per heavy atom. The summed E-state index contributed by atoms with van der Waals surface area (Å²) in [6.45, 7) is 1.55. The number of oxazole rings is 1. The Bertz CT molecular complexity index is 765. The van der Waals surface area contributed by atoms with Gasteiger partial charge in [0.2, 0.25) is 11.7 Å². The van der Waals surface area contributed by atoms with Gasteiger partial charge in [0.1, 0.15) is 6.26 Å². The van der Waals surface area contributed by atoms with Crippen molar-refractivity contribution < 1.29 is 22.7 Å². The highest BCUT2D eigenvalue weighted by atomic mass is 19.2. The first kappa shape index (κ1) is 17.3. The van der Waals surface area contributed by atoms with Gasteiger partial charge in [0.15, 0.2) is 23.9 Å². The van der Waals surface area contributed by atoms with Gasteiger partial charge in [-0.15, -0.1) is 0 Å². The number of nitrogens with zero attached hydrogens (tertiary/aromatic N) is 3. The molecule has 134 valence electrons. The molecule has 1 amide bonds. The van der Waals surface area contributed by atoms with Crippen molar-refractivity contribution in [3.05, 3.63) is 47.7 Å². The molecule has 2 aromatic rings. The highest BCUT2D eigenvalue weighted by Gasteiger charge is 2.28. The number of rotatable bonds is 5. The first-order chi connectivity index (χ1) is 12.0. The van der Waals surface area contributed by atoms with E-state index in [9.17, 15) is 13.6 Å². The van der Waals surface area contributed by atoms with Gasteiger partial charge in [0, 0.05) is 19.6 Å². The maximum atomic E-state index is 13.5. The molecule has 6 nitrogen and oxygen atoms in total. The zero-order valence-corrected chi connectivity index (χ0v) is 14.0. The second kappa shape index (κ2) is 7.18. The molecule has 3 rings (SSSR count). The molecule has 0 spiro atoms. The van der Waals surface area contributed by atoms with Gasteiger partial charge >= 0.3 is 0 Å². The number of aromatic nitrogens is 1. The van der Waals surface area contributed by atoms with Crippen LogP contribution in [-0.4, -0.2) is 53.9 Å². The molecule has 1 aliphatic heterocycles. The molecule has 2 heterocycles. The number of benzene rings is 1. The molecule has 1 atom stereocenters. The summed E-state index contributed by atoms with van der Waals surface area (Å²) in [7, 11) is 3.74. The van der Waals surface area contributed by atoms with E-state index in [2.05, 4.69) is 9.88 Å². The van der Waals surface area contributed by atoms with Gasteiger partial charge in [-0.2, -0.15) is 4.39 Å². The molecule has 1 saturated heterocycles. The molecule has 0 radical (unpaired) electrons. The van der Waals surface area contributed by atoms with E-state index in [1.165, 1.54) is 18.4 Å². The van der Waals surface area contributed by atoms with Gasteiger partial charge in [-0.3, -0.25) is 4.79 Å². The fourth-order valence-corrected chi connectivity index (χ4v) is 2.78. The lowest BCUT2D eigenvalue weighted by Gasteiger charge is -2.23. The molecular formula is C17H19F2N3O3. The van der Waals surface area contributed by atoms with Crippen LogP contribution in [0.3, 0.4) is 0 Å². The first-order valence-corrected chi connectivity index (χ1v) is 7.92. The van der Waals surface area contributed by atoms with Crippen LogP contribution >= 0.6 is 0 Å². The predicted molar refractivity (Wildman–Crippen MR) is 85.2 cm³/mol. The highest BCUT2D eigenvalue weighted by Crippen LogP contribution is 2.20. The maximum absolute atomic E-state index is 13.5. The summed E-state index contributed by atoms with van der Waals surface area (Å²) in [4.78, 5) is 20.3. The maximum Gasteiger partial charge on any atom is 0.275 e. The fraction of sp³-hybridized carbons (Fsp3) is 0.412. The van der Waals surface area contributed by atoms with Crippen molar-refractivity contribution in [1.29, 1.82) is 0 Å². The molecule has 8 heteroatoms. The van der Waals surface area contributed by atoms with Crippen molar-refractivity contribution in [1.82, 2.24) is 14.8 Å². The van der Waals surface area contributed by atoms with Crippen molar-refractivity contribution in [3.63, 3.8) is 0 Å². The molecule has 0 bridgehead atoms. The van der Waals surface area contributed by atoms with Crippen molar-refractivity contribution in [3.8, 4) is 5.75 Å². The highest BCUT2D eigenvalue weighted by molar-refractivity contribution is 5.92. The Kier molecular flexibility index (Phi) is 4.98. The minimum Gasteiger partial charge on any atom is -0.481 e. The summed E-state index contributed by atoms with van der Waals surface area (Å²) < 4.78 is 37.0. The van der Waals surface area contributed by atoms with Crippen LogP contribution in [0.4, 0.5) is 8.78 Å². The Hall–Kier alpha value is -2.48. The predicted octanol–water partition coefficient (Wildman–Crippen LogP) is 2.31. The second-order valence-electron chi connectivity index (χ2n) is 6.09. The van der Waals surface area contributed by atoms with Crippen LogP contribution in [0, 0.1) is 11.6 Å². The van der Waals surface area contributed by atoms with E-state index < -0.39 is 11.6 Å². The number of ether oxygens (including phenoxy) is 1. The number of carbonyl (C=O) groups excluding carboxylic acids is 1. The van der Waals surface area contributed by atoms with E-state index in [0.717, 1.165) is 25.6 Å². The monoisotopic (exact) mass is 351 g/mol. The SMILES string of the molecule is CN1CCC(N(C)C(=O)c2coc(COc3cccc(F)c3F)n2)C1. The van der Waals surface area contributed by atoms with E-state index >= 15 is 0 Å². The Balaban J connectivity index is 1.62. The first-order valence-electron chi connectivity index (χ1n) is 7.92. The summed E-state index contributed by atoms with van der Waals surface area (Å²) in [6.07, 6.45) is 2.16. The topological polar surface area (TPSA) is 58.8 Å². The number of hydrogen-bond acceptors (Lipinski definition) is 5. The zero-order chi connectivity index (χ0) is 18.0. The number of likely N-dealkylation sites (N-methyl/N-ethyl adjacent to an activating group) is 2. The van der Waals surface area contributed by atoms with E-state index in [-0.39, 0.29) is 35.9 Å². The van der Waals surface area contributed by atoms with Crippen LogP contribution in [0.25, 0.3) is 0 Å². The van der Waals surface area contributed by atoms with E-state index in [1.54, 1.807) is 11.9 Å². The lowest BCUT2D eigenvalue weighted by molar-refractivity contribution is 0.0731. The molecule has 1 aliphatic rings. The van der Waals surface area contributed by atoms with Gasteiger partial charge in [-0.1, -0.05) is 6.07 Å². The van der Waals surface area contributed by atoms with Crippen LogP contribution in [0.1, 0.15) is 22.8 Å². The summed E-state index contributed by atoms with van der Waals surface area (Å²) in [5.74, 6) is -2.44. The van der Waals surface area contributed by atoms with Gasteiger partial charge in [0.25, 0.3) is 5.91 Å². The third kappa shape index (κ3) is 3.79. The van der Waals surface area contributed by atoms with Gasteiger partial charge in [-0.05, 0) is 32.1 Å². The Morgan fingerprint density at radius 2 is 2.28 bits per heavy atom. The fourth-order valence-electron chi connectivity index (χ4n) is 2.78. The largest absolute Gasteiger partial charge is 0.481 e. The number of amides is 1. The summed E-state index contributed by atoms with van der Waals surface area (Å²) in [5.41, 5.74) is 0.162. The molecule has 1 aromatic carbocycles. The lowest BCUT2D eigenvalue weighted by Crippen LogP contribution is -2.38. The Morgan fingerprint density at radius 1 is 1.48 bits per heavy atom. The van der Waals surface area contributed by atoms with Crippen LogP contribution in [0.5, 0.6) is 5.75 Å². The van der Waals surface area contributed by atoms with Crippen molar-refractivity contribution >= 4 is 5.91 Å². The van der Waals surface area contributed by atoms with Crippen LogP contribution in [-0.2, 0) is 6.61 Å². The number of halogens is 2. The van der Waals surface area contributed by atoms with Crippen molar-refractivity contribution in [2.24, 2.45) is 0 Å². The average Bonchev–Trinajstić information content (AvgIpc) is 3.24. The van der Waals surface area contributed by atoms with Crippen LogP contribution in [0.2, 0.25) is 0 Å². The van der Waals surface area contributed by atoms with E-state index in [4.69, 9.17) is 9.15 Å². The lowest BCUT2D eigenvalue weighted by atomic mass is 10.2. The Labute approximate surface area is 144 Å². The van der Waals surface area contributed by atoms with Crippen LogP contribution < -0.4 is 4.74 Å². The molecule has 1 aromatic heterocycles. The standard InChI is InChI=1S/C17H19F2N3O3/c1-21-7-6-11(8-21)22(2)17(23)13-9-25-15(20-13)10-24-14-5-3-4-12(18)16(14)19/h3-5,9,11H,6-8,10H2,1-2H3. The van der Waals surface area contributed by atoms with Gasteiger partial charge in [0.05, 0.1) is 0 Å². The minimum absolute atomic E-state index is 0.115. The van der Waals surface area contributed by atoms with Gasteiger partial charge < -0.3 is 19.0 Å². The number of hydrogen-bond donors (Lipinski definition) is 0. The minimum atomic E-state index is -1.07. The third-order valence-corrected chi connectivity index (χ3v) is 4.27. The summed E-state index contributed by atoms with van der Waals surface area (Å²) in [6, 6.07) is 3.78. The molecule has 0 N–H and O–H groups in total. The summed E-state index contributed by atoms with van der Waals surface area (Å²) >= 11 is 0. The van der Waals surface area contributed by atoms with Gasteiger partial charge in [-0.25, -0.2) is 9.37 Å². The van der Waals surface area contributed by atoms with E-state index in [0.29, 0.717) is 0 Å². The van der Waals surface area contributed by atoms with Crippen molar-refractivity contribution in [2.75, 3.05) is 27.2 Å². The summed E-state index contributed by atoms with van der Waals surface area (Å²) in [5, 5.41) is 0. The van der Waals surface area contributed by atoms with Crippen LogP contribution in [0.15, 0.2) is 28.9 Å². The quantitative estimate of drug-likeness (QED) is 0.827. The normalized spacial score (nSPS) is 17.7. The van der Waals surface area contributed by atoms with Crippen molar-refractivity contribution in [2.45, 2.75) is 19.1 Å². The average molecular weight is 351 g/mol. The number of carbonyl (C=O) groups is 1. The molecule has 25 heavy (non-hydrogen) atoms. The molecule has 1 unspecified atom stereocenters. The zero-order valence-electron chi connectivity index (χ0n) is 14.0. The third-order valence-electron chi connectivity index (χ3n) is 4.27. The smallest absolute Gasteiger partial charge is 0.275 e.